The molecule has 9 heteroatoms. The normalized spacial score (nSPS) is 24.1. The molecule has 0 N–H and O–H groups in total. The second-order valence-electron chi connectivity index (χ2n) is 7.37. The highest BCUT2D eigenvalue weighted by molar-refractivity contribution is 7.86. The summed E-state index contributed by atoms with van der Waals surface area (Å²) in [5.74, 6) is -1.71. The third-order valence-electron chi connectivity index (χ3n) is 5.53. The van der Waals surface area contributed by atoms with Gasteiger partial charge in [-0.05, 0) is 37.3 Å². The van der Waals surface area contributed by atoms with Crippen LogP contribution in [0.25, 0.3) is 0 Å². The van der Waals surface area contributed by atoms with Crippen LogP contribution < -0.4 is 0 Å². The molecule has 2 aliphatic rings. The van der Waals surface area contributed by atoms with Crippen molar-refractivity contribution in [1.29, 1.82) is 0 Å². The fraction of sp³-hybridized carbons (Fsp3) is 0.611. The molecule has 2 atom stereocenters. The fourth-order valence-electron chi connectivity index (χ4n) is 4.07. The van der Waals surface area contributed by atoms with E-state index in [1.807, 2.05) is 0 Å². The number of benzene rings is 1. The number of hydrogen-bond acceptors (Lipinski definition) is 3. The Balaban J connectivity index is 1.73. The van der Waals surface area contributed by atoms with Gasteiger partial charge in [0.05, 0.1) is 6.42 Å². The van der Waals surface area contributed by atoms with E-state index in [1.165, 1.54) is 28.8 Å². The van der Waals surface area contributed by atoms with Gasteiger partial charge in [0, 0.05) is 45.3 Å². The summed E-state index contributed by atoms with van der Waals surface area (Å²) >= 11 is 0. The van der Waals surface area contributed by atoms with Crippen LogP contribution in [-0.2, 0) is 21.4 Å². The number of carbonyl (C=O) groups excluding carboxylic acids is 1. The van der Waals surface area contributed by atoms with Crippen molar-refractivity contribution in [3.05, 3.63) is 35.4 Å². The summed E-state index contributed by atoms with van der Waals surface area (Å²) in [6.07, 6.45) is 1.80. The zero-order chi connectivity index (χ0) is 19.8. The molecule has 6 nitrogen and oxygen atoms in total. The fourth-order valence-corrected chi connectivity index (χ4v) is 5.25. The molecule has 0 spiro atoms. The third-order valence-corrected chi connectivity index (χ3v) is 7.44. The number of rotatable bonds is 4. The van der Waals surface area contributed by atoms with Crippen LogP contribution in [0.2, 0.25) is 0 Å². The maximum absolute atomic E-state index is 13.9. The summed E-state index contributed by atoms with van der Waals surface area (Å²) in [6, 6.07) is 3.48. The van der Waals surface area contributed by atoms with Crippen LogP contribution in [0, 0.1) is 17.6 Å². The lowest BCUT2D eigenvalue weighted by molar-refractivity contribution is -0.137. The molecule has 3 rings (SSSR count). The van der Waals surface area contributed by atoms with Gasteiger partial charge in [-0.15, -0.1) is 0 Å². The van der Waals surface area contributed by atoms with E-state index in [-0.39, 0.29) is 29.9 Å². The van der Waals surface area contributed by atoms with Crippen LogP contribution in [0.4, 0.5) is 8.78 Å². The second kappa shape index (κ2) is 7.81. The van der Waals surface area contributed by atoms with Crippen LogP contribution in [0.5, 0.6) is 0 Å². The van der Waals surface area contributed by atoms with Crippen LogP contribution in [-0.4, -0.2) is 67.6 Å². The van der Waals surface area contributed by atoms with E-state index >= 15 is 0 Å². The van der Waals surface area contributed by atoms with Gasteiger partial charge in [-0.2, -0.15) is 17.0 Å². The molecule has 2 saturated heterocycles. The zero-order valence-corrected chi connectivity index (χ0v) is 16.4. The molecule has 0 unspecified atom stereocenters. The summed E-state index contributed by atoms with van der Waals surface area (Å²) in [5, 5.41) is 0. The molecule has 1 aromatic rings. The van der Waals surface area contributed by atoms with Crippen molar-refractivity contribution in [3.63, 3.8) is 0 Å². The van der Waals surface area contributed by atoms with Gasteiger partial charge in [-0.25, -0.2) is 8.78 Å². The lowest BCUT2D eigenvalue weighted by atomic mass is 9.84. The number of hydrogen-bond donors (Lipinski definition) is 0. The Hall–Kier alpha value is -1.58. The minimum Gasteiger partial charge on any atom is -0.339 e. The van der Waals surface area contributed by atoms with E-state index in [9.17, 15) is 22.0 Å². The second-order valence-corrected chi connectivity index (χ2v) is 9.51. The Morgan fingerprint density at radius 3 is 2.48 bits per heavy atom. The van der Waals surface area contributed by atoms with Crippen molar-refractivity contribution in [1.82, 2.24) is 13.5 Å². The van der Waals surface area contributed by atoms with Crippen LogP contribution >= 0.6 is 0 Å². The maximum Gasteiger partial charge on any atom is 0.281 e. The van der Waals surface area contributed by atoms with Crippen LogP contribution in [0.3, 0.4) is 0 Å². The molecule has 1 amide bonds. The molecule has 0 saturated carbocycles. The van der Waals surface area contributed by atoms with Gasteiger partial charge in [0.2, 0.25) is 5.91 Å². The SMILES string of the molecule is CN(C)S(=O)(=O)N1CC[C@H]2[C@H](CCCN2C(=O)Cc2c(F)cccc2F)C1. The average molecular weight is 401 g/mol. The standard InChI is InChI=1S/C18H25F2N3O3S/c1-21(2)27(25,26)22-10-8-17-13(12-22)5-4-9-23(17)18(24)11-14-15(19)6-3-7-16(14)20/h3,6-7,13,17H,4-5,8-12H2,1-2H3/t13-,17+/m1/s1. The molecular weight excluding hydrogens is 376 g/mol. The van der Waals surface area contributed by atoms with Gasteiger partial charge in [0.15, 0.2) is 0 Å². The van der Waals surface area contributed by atoms with E-state index in [0.29, 0.717) is 26.1 Å². The highest BCUT2D eigenvalue weighted by Gasteiger charge is 2.41. The van der Waals surface area contributed by atoms with Crippen molar-refractivity contribution in [2.45, 2.75) is 31.7 Å². The number of fused-ring (bicyclic) bond motifs is 1. The first-order valence-corrected chi connectivity index (χ1v) is 10.5. The quantitative estimate of drug-likeness (QED) is 0.771. The maximum atomic E-state index is 13.9. The molecular formula is C18H25F2N3O3S. The molecule has 27 heavy (non-hydrogen) atoms. The van der Waals surface area contributed by atoms with Gasteiger partial charge >= 0.3 is 0 Å². The zero-order valence-electron chi connectivity index (χ0n) is 15.6. The molecule has 2 aliphatic heterocycles. The monoisotopic (exact) mass is 401 g/mol. The summed E-state index contributed by atoms with van der Waals surface area (Å²) in [5.41, 5.74) is -0.211. The molecule has 0 aliphatic carbocycles. The number of likely N-dealkylation sites (tertiary alicyclic amines) is 1. The highest BCUT2D eigenvalue weighted by atomic mass is 32.2. The molecule has 150 valence electrons. The van der Waals surface area contributed by atoms with Crippen molar-refractivity contribution in [2.24, 2.45) is 5.92 Å². The predicted molar refractivity (Wildman–Crippen MR) is 97.1 cm³/mol. The Morgan fingerprint density at radius 2 is 1.85 bits per heavy atom. The van der Waals surface area contributed by atoms with Gasteiger partial charge < -0.3 is 4.90 Å². The largest absolute Gasteiger partial charge is 0.339 e. The van der Waals surface area contributed by atoms with Crippen LogP contribution in [0.1, 0.15) is 24.8 Å². The van der Waals surface area contributed by atoms with Gasteiger partial charge in [0.1, 0.15) is 11.6 Å². The van der Waals surface area contributed by atoms with Crippen LogP contribution in [0.15, 0.2) is 18.2 Å². The van der Waals surface area contributed by atoms with Crippen molar-refractivity contribution < 1.29 is 22.0 Å². The first kappa shape index (κ1) is 20.2. The lowest BCUT2D eigenvalue weighted by Gasteiger charge is -2.47. The van der Waals surface area contributed by atoms with Crippen molar-refractivity contribution in [2.75, 3.05) is 33.7 Å². The highest BCUT2D eigenvalue weighted by Crippen LogP contribution is 2.32. The average Bonchev–Trinajstić information content (AvgIpc) is 2.63. The van der Waals surface area contributed by atoms with Gasteiger partial charge in [-0.1, -0.05) is 6.07 Å². The van der Waals surface area contributed by atoms with E-state index < -0.39 is 21.8 Å². The smallest absolute Gasteiger partial charge is 0.281 e. The van der Waals surface area contributed by atoms with E-state index in [1.54, 1.807) is 4.90 Å². The van der Waals surface area contributed by atoms with E-state index in [0.717, 1.165) is 25.0 Å². The Kier molecular flexibility index (Phi) is 5.83. The molecule has 0 aromatic heterocycles. The minimum atomic E-state index is -3.48. The minimum absolute atomic E-state index is 0.0386. The van der Waals surface area contributed by atoms with Crippen molar-refractivity contribution >= 4 is 16.1 Å². The Labute approximate surface area is 158 Å². The molecule has 2 heterocycles. The number of halogens is 2. The van der Waals surface area contributed by atoms with Gasteiger partial charge in [-0.3, -0.25) is 4.79 Å². The number of nitrogens with zero attached hydrogens (tertiary/aromatic N) is 3. The molecule has 1 aromatic carbocycles. The molecule has 0 bridgehead atoms. The third kappa shape index (κ3) is 4.00. The Morgan fingerprint density at radius 1 is 1.19 bits per heavy atom. The predicted octanol–water partition coefficient (Wildman–Crippen LogP) is 1.63. The topological polar surface area (TPSA) is 60.9 Å². The molecule has 2 fully saturated rings. The number of carbonyl (C=O) groups is 1. The van der Waals surface area contributed by atoms with Crippen molar-refractivity contribution in [3.8, 4) is 0 Å². The van der Waals surface area contributed by atoms with Gasteiger partial charge in [0.25, 0.3) is 10.2 Å². The lowest BCUT2D eigenvalue weighted by Crippen LogP contribution is -2.58. The molecule has 0 radical (unpaired) electrons. The first-order chi connectivity index (χ1) is 12.7. The number of amides is 1. The van der Waals surface area contributed by atoms with E-state index in [4.69, 9.17) is 0 Å². The first-order valence-electron chi connectivity index (χ1n) is 9.11. The summed E-state index contributed by atoms with van der Waals surface area (Å²) < 4.78 is 55.2. The number of piperidine rings is 2. The summed E-state index contributed by atoms with van der Waals surface area (Å²) in [6.45, 7) is 1.24. The Bertz CT molecular complexity index is 796. The summed E-state index contributed by atoms with van der Waals surface area (Å²) in [4.78, 5) is 14.5. The summed E-state index contributed by atoms with van der Waals surface area (Å²) in [7, 11) is -0.482. The van der Waals surface area contributed by atoms with E-state index in [2.05, 4.69) is 0 Å².